The molecule has 0 bridgehead atoms. The van der Waals surface area contributed by atoms with Crippen LogP contribution in [0, 0.1) is 20.8 Å². The fourth-order valence-corrected chi connectivity index (χ4v) is 4.78. The summed E-state index contributed by atoms with van der Waals surface area (Å²) in [4.78, 5) is 56.7. The average molecular weight is 519 g/mol. The maximum atomic E-state index is 13.5. The summed E-state index contributed by atoms with van der Waals surface area (Å²) < 4.78 is 6.35. The molecule has 10 heteroatoms. The Morgan fingerprint density at radius 3 is 2.43 bits per heavy atom. The van der Waals surface area contributed by atoms with E-state index in [1.54, 1.807) is 45.0 Å². The van der Waals surface area contributed by atoms with Crippen LogP contribution < -0.4 is 16.2 Å². The number of thiazole rings is 1. The van der Waals surface area contributed by atoms with Gasteiger partial charge in [0.1, 0.15) is 10.6 Å². The van der Waals surface area contributed by atoms with Crippen molar-refractivity contribution in [3.05, 3.63) is 91.8 Å². The molecule has 0 atom stereocenters. The van der Waals surface area contributed by atoms with Gasteiger partial charge in [0, 0.05) is 23.1 Å². The Kier molecular flexibility index (Phi) is 7.21. The van der Waals surface area contributed by atoms with Crippen LogP contribution in [0.2, 0.25) is 0 Å². The second-order valence-corrected chi connectivity index (χ2v) is 9.80. The summed E-state index contributed by atoms with van der Waals surface area (Å²) in [6.45, 7) is 8.96. The Labute approximate surface area is 217 Å². The van der Waals surface area contributed by atoms with E-state index in [1.165, 1.54) is 12.1 Å². The summed E-state index contributed by atoms with van der Waals surface area (Å²) in [5.74, 6) is -1.77. The van der Waals surface area contributed by atoms with Crippen LogP contribution in [0.5, 0.6) is 0 Å². The van der Waals surface area contributed by atoms with Gasteiger partial charge in [0.15, 0.2) is 4.96 Å². The highest BCUT2D eigenvalue weighted by Crippen LogP contribution is 2.26. The van der Waals surface area contributed by atoms with Crippen molar-refractivity contribution in [2.45, 2.75) is 40.7 Å². The first-order valence-corrected chi connectivity index (χ1v) is 12.4. The number of amides is 2. The standard InChI is InChI=1S/C27H26N4O5S/c1-14(2)36-26(35)18-9-7-10-19(13-18)29-24(33)22-23(37-27-28-16(4)12-21(32)31(22)27)25(34)30-20-11-6-8-15(3)17(20)5/h6-14H,1-5H3,(H,29,33)(H,30,34). The van der Waals surface area contributed by atoms with Gasteiger partial charge in [0.2, 0.25) is 0 Å². The van der Waals surface area contributed by atoms with Gasteiger partial charge in [-0.2, -0.15) is 0 Å². The predicted octanol–water partition coefficient (Wildman–Crippen LogP) is 4.75. The molecule has 0 saturated heterocycles. The van der Waals surface area contributed by atoms with Gasteiger partial charge in [-0.05, 0) is 70.0 Å². The zero-order chi connectivity index (χ0) is 26.9. The number of carbonyl (C=O) groups is 3. The van der Waals surface area contributed by atoms with Crippen LogP contribution in [0.4, 0.5) is 11.4 Å². The minimum Gasteiger partial charge on any atom is -0.459 e. The summed E-state index contributed by atoms with van der Waals surface area (Å²) in [6.07, 6.45) is -0.302. The Balaban J connectivity index is 1.75. The Hall–Kier alpha value is -4.31. The Morgan fingerprint density at radius 2 is 1.70 bits per heavy atom. The van der Waals surface area contributed by atoms with E-state index in [9.17, 15) is 19.2 Å². The van der Waals surface area contributed by atoms with Gasteiger partial charge < -0.3 is 15.4 Å². The molecule has 190 valence electrons. The second kappa shape index (κ2) is 10.4. The SMILES string of the molecule is Cc1cc(=O)n2c(C(=O)Nc3cccc(C(=O)OC(C)C)c3)c(C(=O)Nc3cccc(C)c3C)sc2n1. The van der Waals surface area contributed by atoms with Crippen LogP contribution in [-0.2, 0) is 4.74 Å². The number of fused-ring (bicyclic) bond motifs is 1. The molecule has 37 heavy (non-hydrogen) atoms. The first-order chi connectivity index (χ1) is 17.5. The van der Waals surface area contributed by atoms with E-state index in [0.29, 0.717) is 17.1 Å². The number of hydrogen-bond acceptors (Lipinski definition) is 7. The van der Waals surface area contributed by atoms with E-state index < -0.39 is 23.3 Å². The molecule has 0 fully saturated rings. The zero-order valence-corrected chi connectivity index (χ0v) is 21.9. The van der Waals surface area contributed by atoms with Gasteiger partial charge in [-0.1, -0.05) is 29.5 Å². The molecule has 4 aromatic rings. The number of hydrogen-bond donors (Lipinski definition) is 2. The quantitative estimate of drug-likeness (QED) is 0.356. The lowest BCUT2D eigenvalue weighted by atomic mass is 10.1. The number of carbonyl (C=O) groups excluding carboxylic acids is 3. The summed E-state index contributed by atoms with van der Waals surface area (Å²) >= 11 is 0.948. The topological polar surface area (TPSA) is 119 Å². The van der Waals surface area contributed by atoms with Crippen molar-refractivity contribution >= 4 is 45.5 Å². The van der Waals surface area contributed by atoms with Crippen molar-refractivity contribution in [2.75, 3.05) is 10.6 Å². The highest BCUT2D eigenvalue weighted by molar-refractivity contribution is 7.19. The molecular weight excluding hydrogens is 492 g/mol. The van der Waals surface area contributed by atoms with Crippen LogP contribution in [0.1, 0.15) is 61.2 Å². The molecule has 0 aliphatic carbocycles. The molecule has 2 heterocycles. The van der Waals surface area contributed by atoms with Crippen molar-refractivity contribution in [1.82, 2.24) is 9.38 Å². The Bertz CT molecular complexity index is 1600. The maximum Gasteiger partial charge on any atom is 0.338 e. The van der Waals surface area contributed by atoms with Crippen molar-refractivity contribution in [3.8, 4) is 0 Å². The van der Waals surface area contributed by atoms with E-state index >= 15 is 0 Å². The molecule has 9 nitrogen and oxygen atoms in total. The number of ether oxygens (including phenoxy) is 1. The normalized spacial score (nSPS) is 11.0. The fraction of sp³-hybridized carbons (Fsp3) is 0.222. The number of rotatable bonds is 6. The number of aryl methyl sites for hydroxylation is 2. The summed E-state index contributed by atoms with van der Waals surface area (Å²) in [7, 11) is 0. The van der Waals surface area contributed by atoms with Crippen molar-refractivity contribution < 1.29 is 19.1 Å². The van der Waals surface area contributed by atoms with Crippen LogP contribution in [0.15, 0.2) is 53.3 Å². The zero-order valence-electron chi connectivity index (χ0n) is 21.0. The van der Waals surface area contributed by atoms with Crippen LogP contribution >= 0.6 is 11.3 Å². The van der Waals surface area contributed by atoms with Crippen molar-refractivity contribution in [1.29, 1.82) is 0 Å². The van der Waals surface area contributed by atoms with Crippen molar-refractivity contribution in [3.63, 3.8) is 0 Å². The molecule has 2 N–H and O–H groups in total. The minimum absolute atomic E-state index is 0.0315. The average Bonchev–Trinajstić information content (AvgIpc) is 3.22. The predicted molar refractivity (Wildman–Crippen MR) is 143 cm³/mol. The molecule has 4 rings (SSSR count). The summed E-state index contributed by atoms with van der Waals surface area (Å²) in [6, 6.07) is 13.1. The number of aromatic nitrogens is 2. The highest BCUT2D eigenvalue weighted by atomic mass is 32.1. The second-order valence-electron chi connectivity index (χ2n) is 8.82. The lowest BCUT2D eigenvalue weighted by Crippen LogP contribution is -2.25. The lowest BCUT2D eigenvalue weighted by Gasteiger charge is -2.12. The van der Waals surface area contributed by atoms with Gasteiger partial charge in [-0.3, -0.25) is 14.4 Å². The number of benzene rings is 2. The number of nitrogens with one attached hydrogen (secondary N) is 2. The van der Waals surface area contributed by atoms with Gasteiger partial charge in [0.25, 0.3) is 17.4 Å². The first kappa shape index (κ1) is 25.8. The molecule has 2 amide bonds. The molecular formula is C27H26N4O5S. The largest absolute Gasteiger partial charge is 0.459 e. The third-order valence-electron chi connectivity index (χ3n) is 5.62. The van der Waals surface area contributed by atoms with Gasteiger partial charge in [-0.25, -0.2) is 14.2 Å². The van der Waals surface area contributed by atoms with Gasteiger partial charge in [-0.15, -0.1) is 0 Å². The van der Waals surface area contributed by atoms with E-state index in [2.05, 4.69) is 15.6 Å². The number of nitrogens with zero attached hydrogens (tertiary/aromatic N) is 2. The third-order valence-corrected chi connectivity index (χ3v) is 6.66. The molecule has 0 aliphatic rings. The molecule has 0 aliphatic heterocycles. The molecule has 2 aromatic heterocycles. The smallest absolute Gasteiger partial charge is 0.338 e. The molecule has 0 saturated carbocycles. The lowest BCUT2D eigenvalue weighted by molar-refractivity contribution is 0.0377. The molecule has 0 unspecified atom stereocenters. The number of esters is 1. The van der Waals surface area contributed by atoms with Crippen LogP contribution in [0.25, 0.3) is 4.96 Å². The third kappa shape index (κ3) is 5.44. The van der Waals surface area contributed by atoms with Gasteiger partial charge >= 0.3 is 5.97 Å². The summed E-state index contributed by atoms with van der Waals surface area (Å²) in [5.41, 5.74) is 2.88. The van der Waals surface area contributed by atoms with E-state index in [1.807, 2.05) is 26.0 Å². The first-order valence-electron chi connectivity index (χ1n) is 11.6. The highest BCUT2D eigenvalue weighted by Gasteiger charge is 2.27. The molecule has 0 spiro atoms. The van der Waals surface area contributed by atoms with Crippen LogP contribution in [0.3, 0.4) is 0 Å². The summed E-state index contributed by atoms with van der Waals surface area (Å²) in [5, 5.41) is 5.55. The molecule has 0 radical (unpaired) electrons. The van der Waals surface area contributed by atoms with Crippen molar-refractivity contribution in [2.24, 2.45) is 0 Å². The Morgan fingerprint density at radius 1 is 0.973 bits per heavy atom. The number of anilines is 2. The minimum atomic E-state index is -0.695. The van der Waals surface area contributed by atoms with E-state index in [-0.39, 0.29) is 27.2 Å². The van der Waals surface area contributed by atoms with Gasteiger partial charge in [0.05, 0.1) is 11.7 Å². The maximum absolute atomic E-state index is 13.5. The van der Waals surface area contributed by atoms with Crippen LogP contribution in [-0.4, -0.2) is 33.3 Å². The van der Waals surface area contributed by atoms with E-state index in [0.717, 1.165) is 26.9 Å². The molecule has 2 aromatic carbocycles. The fourth-order valence-electron chi connectivity index (χ4n) is 3.71. The monoisotopic (exact) mass is 518 g/mol. The van der Waals surface area contributed by atoms with E-state index in [4.69, 9.17) is 4.74 Å².